The Morgan fingerprint density at radius 1 is 1.08 bits per heavy atom. The van der Waals surface area contributed by atoms with Crippen LogP contribution in [0.25, 0.3) is 0 Å². The first-order valence-corrected chi connectivity index (χ1v) is 8.67. The minimum atomic E-state index is -0.324. The van der Waals surface area contributed by atoms with Crippen molar-refractivity contribution in [2.24, 2.45) is 5.10 Å². The summed E-state index contributed by atoms with van der Waals surface area (Å²) >= 11 is 0. The van der Waals surface area contributed by atoms with Gasteiger partial charge in [-0.2, -0.15) is 5.10 Å². The number of ether oxygens (including phenoxy) is 2. The summed E-state index contributed by atoms with van der Waals surface area (Å²) in [7, 11) is 0. The van der Waals surface area contributed by atoms with Gasteiger partial charge in [-0.05, 0) is 42.2 Å². The van der Waals surface area contributed by atoms with Crippen molar-refractivity contribution in [2.45, 2.75) is 33.1 Å². The van der Waals surface area contributed by atoms with Crippen LogP contribution in [0, 0.1) is 0 Å². The van der Waals surface area contributed by atoms with E-state index in [2.05, 4.69) is 31.3 Å². The van der Waals surface area contributed by atoms with Gasteiger partial charge in [0.1, 0.15) is 11.5 Å². The highest BCUT2D eigenvalue weighted by Gasteiger charge is 2.13. The van der Waals surface area contributed by atoms with Crippen LogP contribution < -0.4 is 14.9 Å². The zero-order valence-corrected chi connectivity index (χ0v) is 15.8. The monoisotopic (exact) mass is 354 g/mol. The second-order valence-corrected chi connectivity index (χ2v) is 6.83. The summed E-state index contributed by atoms with van der Waals surface area (Å²) in [5, 5.41) is 3.96. The molecule has 0 bridgehead atoms. The van der Waals surface area contributed by atoms with Crippen molar-refractivity contribution in [1.29, 1.82) is 0 Å². The zero-order chi connectivity index (χ0) is 19.0. The van der Waals surface area contributed by atoms with E-state index in [1.165, 1.54) is 5.56 Å². The first-order chi connectivity index (χ1) is 12.4. The van der Waals surface area contributed by atoms with E-state index in [4.69, 9.17) is 9.47 Å². The number of carbonyl (C=O) groups is 1. The third kappa shape index (κ3) is 5.92. The molecule has 0 aromatic heterocycles. The summed E-state index contributed by atoms with van der Waals surface area (Å²) in [5.74, 6) is 1.05. The molecule has 0 saturated heterocycles. The molecule has 2 aromatic rings. The molecule has 5 nitrogen and oxygen atoms in total. The molecule has 0 atom stereocenters. The van der Waals surface area contributed by atoms with Crippen molar-refractivity contribution < 1.29 is 14.3 Å². The summed E-state index contributed by atoms with van der Waals surface area (Å²) in [6.45, 7) is 8.84. The van der Waals surface area contributed by atoms with Crippen molar-refractivity contribution in [3.05, 3.63) is 59.7 Å². The molecular weight excluding hydrogens is 328 g/mol. The van der Waals surface area contributed by atoms with Crippen molar-refractivity contribution in [3.8, 4) is 11.5 Å². The highest BCUT2D eigenvalue weighted by atomic mass is 16.5. The van der Waals surface area contributed by atoms with Crippen LogP contribution in [0.4, 0.5) is 0 Å². The third-order valence-electron chi connectivity index (χ3n) is 3.70. The van der Waals surface area contributed by atoms with Crippen LogP contribution >= 0.6 is 0 Å². The van der Waals surface area contributed by atoms with Crippen LogP contribution in [-0.2, 0) is 10.2 Å². The Balaban J connectivity index is 1.84. The van der Waals surface area contributed by atoms with E-state index in [1.807, 2.05) is 55.5 Å². The lowest BCUT2D eigenvalue weighted by atomic mass is 9.87. The molecule has 0 aliphatic carbocycles. The van der Waals surface area contributed by atoms with E-state index >= 15 is 0 Å². The molecule has 1 N–H and O–H groups in total. The number of nitrogens with zero attached hydrogens (tertiary/aromatic N) is 1. The number of nitrogens with one attached hydrogen (secondary N) is 1. The fourth-order valence-electron chi connectivity index (χ4n) is 2.28. The molecule has 1 amide bonds. The predicted molar refractivity (Wildman–Crippen MR) is 104 cm³/mol. The molecular formula is C21H26N2O3. The van der Waals surface area contributed by atoms with E-state index in [1.54, 1.807) is 6.21 Å². The molecule has 0 radical (unpaired) electrons. The number of hydrogen-bond donors (Lipinski definition) is 1. The summed E-state index contributed by atoms with van der Waals surface area (Å²) in [5.41, 5.74) is 4.56. The number of hydrazone groups is 1. The number of para-hydroxylation sites is 1. The summed E-state index contributed by atoms with van der Waals surface area (Å²) in [4.78, 5) is 11.9. The van der Waals surface area contributed by atoms with E-state index in [0.29, 0.717) is 12.4 Å². The second-order valence-electron chi connectivity index (χ2n) is 6.83. The molecule has 26 heavy (non-hydrogen) atoms. The Kier molecular flexibility index (Phi) is 6.78. The maximum atomic E-state index is 11.9. The van der Waals surface area contributed by atoms with Crippen LogP contribution in [0.5, 0.6) is 11.5 Å². The van der Waals surface area contributed by atoms with Gasteiger partial charge < -0.3 is 9.47 Å². The Labute approximate surface area is 155 Å². The average molecular weight is 354 g/mol. The molecule has 0 saturated carbocycles. The molecule has 0 spiro atoms. The molecule has 5 heteroatoms. The van der Waals surface area contributed by atoms with E-state index in [-0.39, 0.29) is 17.9 Å². The van der Waals surface area contributed by atoms with Gasteiger partial charge in [-0.25, -0.2) is 5.43 Å². The SMILES string of the molecule is CCOc1ccccc1/C=N\NC(=O)COc1ccc(C(C)(C)C)cc1. The second kappa shape index (κ2) is 9.04. The quantitative estimate of drug-likeness (QED) is 0.606. The molecule has 2 rings (SSSR count). The Bertz CT molecular complexity index is 747. The molecule has 0 fully saturated rings. The van der Waals surface area contributed by atoms with Crippen LogP contribution in [0.3, 0.4) is 0 Å². The number of carbonyl (C=O) groups excluding carboxylic acids is 1. The summed E-state index contributed by atoms with van der Waals surface area (Å²) in [6.07, 6.45) is 1.56. The smallest absolute Gasteiger partial charge is 0.277 e. The Hall–Kier alpha value is -2.82. The molecule has 0 heterocycles. The normalized spacial score (nSPS) is 11.4. The minimum absolute atomic E-state index is 0.0857. The summed E-state index contributed by atoms with van der Waals surface area (Å²) in [6, 6.07) is 15.3. The molecule has 0 unspecified atom stereocenters. The van der Waals surface area contributed by atoms with Crippen LogP contribution in [0.2, 0.25) is 0 Å². The highest BCUT2D eigenvalue weighted by molar-refractivity contribution is 5.85. The average Bonchev–Trinajstić information content (AvgIpc) is 2.61. The molecule has 0 aliphatic heterocycles. The van der Waals surface area contributed by atoms with E-state index in [9.17, 15) is 4.79 Å². The van der Waals surface area contributed by atoms with Crippen LogP contribution in [-0.4, -0.2) is 25.3 Å². The maximum absolute atomic E-state index is 11.9. The van der Waals surface area contributed by atoms with E-state index in [0.717, 1.165) is 11.3 Å². The minimum Gasteiger partial charge on any atom is -0.493 e. The van der Waals surface area contributed by atoms with Crippen LogP contribution in [0.15, 0.2) is 53.6 Å². The van der Waals surface area contributed by atoms with E-state index < -0.39 is 0 Å². The number of amides is 1. The lowest BCUT2D eigenvalue weighted by Gasteiger charge is -2.19. The fourth-order valence-corrected chi connectivity index (χ4v) is 2.28. The maximum Gasteiger partial charge on any atom is 0.277 e. The van der Waals surface area contributed by atoms with Gasteiger partial charge in [0.15, 0.2) is 6.61 Å². The van der Waals surface area contributed by atoms with Gasteiger partial charge in [0.25, 0.3) is 5.91 Å². The standard InChI is InChI=1S/C21H26N2O3/c1-5-25-19-9-7-6-8-16(19)14-22-23-20(24)15-26-18-12-10-17(11-13-18)21(2,3)4/h6-14H,5,15H2,1-4H3,(H,23,24)/b22-14-. The zero-order valence-electron chi connectivity index (χ0n) is 15.8. The van der Waals surface area contributed by atoms with Crippen molar-refractivity contribution in [3.63, 3.8) is 0 Å². The van der Waals surface area contributed by atoms with Gasteiger partial charge in [-0.3, -0.25) is 4.79 Å². The summed E-state index contributed by atoms with van der Waals surface area (Å²) < 4.78 is 11.0. The Morgan fingerprint density at radius 3 is 2.42 bits per heavy atom. The number of hydrogen-bond acceptors (Lipinski definition) is 4. The van der Waals surface area contributed by atoms with Gasteiger partial charge >= 0.3 is 0 Å². The first kappa shape index (κ1) is 19.5. The molecule has 2 aromatic carbocycles. The van der Waals surface area contributed by atoms with Crippen molar-refractivity contribution in [1.82, 2.24) is 5.43 Å². The molecule has 138 valence electrons. The highest BCUT2D eigenvalue weighted by Crippen LogP contribution is 2.24. The lowest BCUT2D eigenvalue weighted by molar-refractivity contribution is -0.123. The third-order valence-corrected chi connectivity index (χ3v) is 3.70. The molecule has 0 aliphatic rings. The van der Waals surface area contributed by atoms with Gasteiger partial charge in [-0.15, -0.1) is 0 Å². The van der Waals surface area contributed by atoms with Crippen molar-refractivity contribution >= 4 is 12.1 Å². The lowest BCUT2D eigenvalue weighted by Crippen LogP contribution is -2.24. The van der Waals surface area contributed by atoms with Gasteiger partial charge in [0.05, 0.1) is 12.8 Å². The van der Waals surface area contributed by atoms with Gasteiger partial charge in [0.2, 0.25) is 0 Å². The number of benzene rings is 2. The fraction of sp³-hybridized carbons (Fsp3) is 0.333. The van der Waals surface area contributed by atoms with Gasteiger partial charge in [0, 0.05) is 5.56 Å². The predicted octanol–water partition coefficient (Wildman–Crippen LogP) is 3.91. The van der Waals surface area contributed by atoms with Crippen LogP contribution in [0.1, 0.15) is 38.8 Å². The van der Waals surface area contributed by atoms with Crippen molar-refractivity contribution in [2.75, 3.05) is 13.2 Å². The largest absolute Gasteiger partial charge is 0.493 e. The topological polar surface area (TPSA) is 59.9 Å². The Morgan fingerprint density at radius 2 is 1.77 bits per heavy atom. The van der Waals surface area contributed by atoms with Gasteiger partial charge in [-0.1, -0.05) is 45.0 Å². The first-order valence-electron chi connectivity index (χ1n) is 8.67. The number of rotatable bonds is 7.